The van der Waals surface area contributed by atoms with Gasteiger partial charge in [-0.05, 0) is 26.7 Å². The van der Waals surface area contributed by atoms with Crippen molar-refractivity contribution in [3.05, 3.63) is 0 Å². The van der Waals surface area contributed by atoms with Gasteiger partial charge in [-0.2, -0.15) is 5.26 Å². The van der Waals surface area contributed by atoms with Crippen LogP contribution in [-0.2, 0) is 9.59 Å². The van der Waals surface area contributed by atoms with Crippen molar-refractivity contribution in [1.82, 2.24) is 10.6 Å². The van der Waals surface area contributed by atoms with E-state index >= 15 is 0 Å². The van der Waals surface area contributed by atoms with Gasteiger partial charge in [-0.3, -0.25) is 9.59 Å². The van der Waals surface area contributed by atoms with Crippen LogP contribution in [0.3, 0.4) is 0 Å². The predicted molar refractivity (Wildman–Crippen MR) is 69.5 cm³/mol. The Bertz CT molecular complexity index is 352. The van der Waals surface area contributed by atoms with Crippen molar-refractivity contribution in [2.45, 2.75) is 40.5 Å². The van der Waals surface area contributed by atoms with Crippen LogP contribution in [0.4, 0.5) is 0 Å². The van der Waals surface area contributed by atoms with E-state index < -0.39 is 10.8 Å². The Labute approximate surface area is 109 Å². The molecule has 0 aromatic rings. The summed E-state index contributed by atoms with van der Waals surface area (Å²) in [4.78, 5) is 23.6. The SMILES string of the molecule is CCC(C#N)(CC)C(=O)NCC(C)(C)C(=O)NC. The van der Waals surface area contributed by atoms with Crippen LogP contribution in [0.25, 0.3) is 0 Å². The fourth-order valence-corrected chi connectivity index (χ4v) is 1.67. The first-order valence-corrected chi connectivity index (χ1v) is 6.21. The van der Waals surface area contributed by atoms with E-state index in [0.717, 1.165) is 0 Å². The molecule has 0 aromatic carbocycles. The van der Waals surface area contributed by atoms with Gasteiger partial charge in [-0.25, -0.2) is 0 Å². The molecule has 0 rings (SSSR count). The Kier molecular flexibility index (Phi) is 5.83. The van der Waals surface area contributed by atoms with Crippen molar-refractivity contribution in [2.75, 3.05) is 13.6 Å². The number of carbonyl (C=O) groups is 2. The van der Waals surface area contributed by atoms with Gasteiger partial charge in [-0.15, -0.1) is 0 Å². The van der Waals surface area contributed by atoms with Gasteiger partial charge in [0.15, 0.2) is 0 Å². The molecule has 5 heteroatoms. The molecule has 0 saturated carbocycles. The van der Waals surface area contributed by atoms with E-state index in [2.05, 4.69) is 16.7 Å². The summed E-state index contributed by atoms with van der Waals surface area (Å²) < 4.78 is 0. The van der Waals surface area contributed by atoms with E-state index in [-0.39, 0.29) is 18.4 Å². The monoisotopic (exact) mass is 253 g/mol. The van der Waals surface area contributed by atoms with Crippen molar-refractivity contribution in [3.8, 4) is 6.07 Å². The minimum atomic E-state index is -0.987. The van der Waals surface area contributed by atoms with E-state index in [1.807, 2.05) is 13.8 Å². The average molecular weight is 253 g/mol. The molecule has 2 amide bonds. The Morgan fingerprint density at radius 3 is 2.00 bits per heavy atom. The highest BCUT2D eigenvalue weighted by Gasteiger charge is 2.36. The maximum atomic E-state index is 12.1. The molecule has 0 unspecified atom stereocenters. The first-order chi connectivity index (χ1) is 8.29. The molecule has 5 nitrogen and oxygen atoms in total. The van der Waals surface area contributed by atoms with E-state index in [1.54, 1.807) is 20.9 Å². The van der Waals surface area contributed by atoms with Crippen molar-refractivity contribution < 1.29 is 9.59 Å². The zero-order chi connectivity index (χ0) is 14.4. The van der Waals surface area contributed by atoms with E-state index in [1.165, 1.54) is 0 Å². The number of nitrogens with one attached hydrogen (secondary N) is 2. The summed E-state index contributed by atoms with van der Waals surface area (Å²) in [5, 5.41) is 14.4. The lowest BCUT2D eigenvalue weighted by molar-refractivity contribution is -0.131. The zero-order valence-corrected chi connectivity index (χ0v) is 11.9. The minimum absolute atomic E-state index is 0.140. The van der Waals surface area contributed by atoms with E-state index in [4.69, 9.17) is 5.26 Å². The Morgan fingerprint density at radius 1 is 1.17 bits per heavy atom. The van der Waals surface area contributed by atoms with E-state index in [0.29, 0.717) is 12.8 Å². The molecule has 0 bridgehead atoms. The Morgan fingerprint density at radius 2 is 1.67 bits per heavy atom. The molecular weight excluding hydrogens is 230 g/mol. The van der Waals surface area contributed by atoms with Gasteiger partial charge in [0.1, 0.15) is 5.41 Å². The molecule has 102 valence electrons. The van der Waals surface area contributed by atoms with Crippen molar-refractivity contribution in [1.29, 1.82) is 5.26 Å². The van der Waals surface area contributed by atoms with Gasteiger partial charge in [0.05, 0.1) is 11.5 Å². The van der Waals surface area contributed by atoms with Crippen LogP contribution in [0.2, 0.25) is 0 Å². The average Bonchev–Trinajstić information content (AvgIpc) is 2.38. The van der Waals surface area contributed by atoms with Crippen molar-refractivity contribution >= 4 is 11.8 Å². The summed E-state index contributed by atoms with van der Waals surface area (Å²) in [6.45, 7) is 7.34. The summed E-state index contributed by atoms with van der Waals surface area (Å²) in [6, 6.07) is 2.08. The topological polar surface area (TPSA) is 82.0 Å². The van der Waals surface area contributed by atoms with Crippen LogP contribution in [0.1, 0.15) is 40.5 Å². The molecule has 18 heavy (non-hydrogen) atoms. The summed E-state index contributed by atoms with van der Waals surface area (Å²) in [5.74, 6) is -0.440. The molecule has 2 N–H and O–H groups in total. The Hall–Kier alpha value is -1.57. The van der Waals surface area contributed by atoms with Crippen LogP contribution >= 0.6 is 0 Å². The van der Waals surface area contributed by atoms with Gasteiger partial charge in [0.25, 0.3) is 0 Å². The van der Waals surface area contributed by atoms with Crippen LogP contribution in [-0.4, -0.2) is 25.4 Å². The van der Waals surface area contributed by atoms with Crippen LogP contribution in [0.15, 0.2) is 0 Å². The number of nitrogens with zero attached hydrogens (tertiary/aromatic N) is 1. The maximum absolute atomic E-state index is 12.1. The first kappa shape index (κ1) is 16.4. The number of nitriles is 1. The standard InChI is InChI=1S/C13H23N3O2/c1-6-13(7-2,8-14)11(18)16-9-12(3,4)10(17)15-5/h6-7,9H2,1-5H3,(H,15,17)(H,16,18). The molecule has 0 spiro atoms. The Balaban J connectivity index is 4.70. The van der Waals surface area contributed by atoms with Crippen molar-refractivity contribution in [2.24, 2.45) is 10.8 Å². The second-order valence-electron chi connectivity index (χ2n) is 5.05. The molecule has 0 radical (unpaired) electrons. The smallest absolute Gasteiger partial charge is 0.240 e. The lowest BCUT2D eigenvalue weighted by Gasteiger charge is -2.27. The summed E-state index contributed by atoms with van der Waals surface area (Å²) in [5.41, 5.74) is -1.67. The lowest BCUT2D eigenvalue weighted by atomic mass is 9.82. The van der Waals surface area contributed by atoms with E-state index in [9.17, 15) is 9.59 Å². The molecule has 0 heterocycles. The number of rotatable bonds is 6. The van der Waals surface area contributed by atoms with Crippen LogP contribution in [0, 0.1) is 22.2 Å². The molecule has 0 aliphatic rings. The summed E-state index contributed by atoms with van der Waals surface area (Å²) >= 11 is 0. The number of amides is 2. The number of hydrogen-bond acceptors (Lipinski definition) is 3. The second kappa shape index (κ2) is 6.39. The molecule has 0 fully saturated rings. The molecule has 0 atom stereocenters. The number of hydrogen-bond donors (Lipinski definition) is 2. The molecule has 0 saturated heterocycles. The zero-order valence-electron chi connectivity index (χ0n) is 11.9. The molecule has 0 aromatic heterocycles. The van der Waals surface area contributed by atoms with Crippen LogP contribution < -0.4 is 10.6 Å². The van der Waals surface area contributed by atoms with Gasteiger partial charge >= 0.3 is 0 Å². The third-order valence-corrected chi connectivity index (χ3v) is 3.39. The minimum Gasteiger partial charge on any atom is -0.359 e. The summed E-state index contributed by atoms with van der Waals surface area (Å²) in [6.07, 6.45) is 0.929. The third-order valence-electron chi connectivity index (χ3n) is 3.39. The predicted octanol–water partition coefficient (Wildman–Crippen LogP) is 1.20. The second-order valence-corrected chi connectivity index (χ2v) is 5.05. The highest BCUT2D eigenvalue weighted by molar-refractivity contribution is 5.87. The largest absolute Gasteiger partial charge is 0.359 e. The van der Waals surface area contributed by atoms with Gasteiger partial charge in [0, 0.05) is 13.6 Å². The maximum Gasteiger partial charge on any atom is 0.240 e. The normalized spacial score (nSPS) is 11.6. The highest BCUT2D eigenvalue weighted by Crippen LogP contribution is 2.26. The van der Waals surface area contributed by atoms with Crippen LogP contribution in [0.5, 0.6) is 0 Å². The molecule has 0 aliphatic carbocycles. The molecular formula is C13H23N3O2. The molecule has 0 aliphatic heterocycles. The quantitative estimate of drug-likeness (QED) is 0.746. The first-order valence-electron chi connectivity index (χ1n) is 6.21. The van der Waals surface area contributed by atoms with Crippen molar-refractivity contribution in [3.63, 3.8) is 0 Å². The fourth-order valence-electron chi connectivity index (χ4n) is 1.67. The van der Waals surface area contributed by atoms with Gasteiger partial charge in [-0.1, -0.05) is 13.8 Å². The lowest BCUT2D eigenvalue weighted by Crippen LogP contribution is -2.47. The van der Waals surface area contributed by atoms with Gasteiger partial charge in [0.2, 0.25) is 11.8 Å². The number of carbonyl (C=O) groups excluding carboxylic acids is 2. The summed E-state index contributed by atoms with van der Waals surface area (Å²) in [7, 11) is 1.56. The fraction of sp³-hybridized carbons (Fsp3) is 0.769. The third kappa shape index (κ3) is 3.46. The highest BCUT2D eigenvalue weighted by atomic mass is 16.2. The van der Waals surface area contributed by atoms with Gasteiger partial charge < -0.3 is 10.6 Å².